The molecule has 38 heavy (non-hydrogen) atoms. The van der Waals surface area contributed by atoms with Crippen molar-refractivity contribution >= 4 is 44.2 Å². The molecule has 0 radical (unpaired) electrons. The number of sulfonamides is 1. The Labute approximate surface area is 217 Å². The highest BCUT2D eigenvalue weighted by Gasteiger charge is 2.19. The second-order valence-electron chi connectivity index (χ2n) is 8.25. The van der Waals surface area contributed by atoms with Crippen LogP contribution in [0.25, 0.3) is 33.4 Å². The van der Waals surface area contributed by atoms with E-state index in [1.165, 1.54) is 38.4 Å². The quantitative estimate of drug-likeness (QED) is 0.286. The number of amides is 1. The number of aromatic nitrogens is 3. The lowest BCUT2D eigenvalue weighted by Gasteiger charge is -2.14. The number of methoxy groups -OCH3 is 1. The Kier molecular flexibility index (Phi) is 7.67. The summed E-state index contributed by atoms with van der Waals surface area (Å²) in [6, 6.07) is 10.6. The van der Waals surface area contributed by atoms with Crippen LogP contribution in [-0.2, 0) is 14.8 Å². The standard InChI is InChI=1S/C25H24F2N6O4S/c1-14(34)30-21-8-7-15(13-29-21)25-31-23-18(24(28)32-25)11-16(12-20(23)37-2)17-5-3-6-19(22(17)27)33-38(35,36)10-4-9-26/h3,5-8,11-13,33H,4,9-10H2,1-2H3,(H2,28,31,32)(H,29,30,34). The molecule has 0 saturated heterocycles. The van der Waals surface area contributed by atoms with E-state index >= 15 is 4.39 Å². The highest BCUT2D eigenvalue weighted by atomic mass is 32.2. The zero-order valence-corrected chi connectivity index (χ0v) is 21.3. The van der Waals surface area contributed by atoms with Crippen LogP contribution in [0.15, 0.2) is 48.7 Å². The Bertz CT molecular complexity index is 1610. The summed E-state index contributed by atoms with van der Waals surface area (Å²) < 4.78 is 59.9. The van der Waals surface area contributed by atoms with Gasteiger partial charge in [0.05, 0.1) is 25.2 Å². The van der Waals surface area contributed by atoms with Crippen molar-refractivity contribution in [2.75, 3.05) is 35.3 Å². The fraction of sp³-hybridized carbons (Fsp3) is 0.200. The topological polar surface area (TPSA) is 149 Å². The van der Waals surface area contributed by atoms with Gasteiger partial charge in [0.25, 0.3) is 0 Å². The molecule has 0 saturated carbocycles. The number of pyridine rings is 1. The minimum atomic E-state index is -3.93. The molecule has 2 aromatic heterocycles. The van der Waals surface area contributed by atoms with Crippen molar-refractivity contribution in [1.29, 1.82) is 0 Å². The smallest absolute Gasteiger partial charge is 0.232 e. The molecule has 4 aromatic rings. The third kappa shape index (κ3) is 5.78. The number of hydrogen-bond acceptors (Lipinski definition) is 8. The maximum atomic E-state index is 15.4. The average Bonchev–Trinajstić information content (AvgIpc) is 2.88. The molecule has 13 heteroatoms. The summed E-state index contributed by atoms with van der Waals surface area (Å²) in [5.74, 6) is -0.542. The predicted molar refractivity (Wildman–Crippen MR) is 141 cm³/mol. The number of nitrogens with one attached hydrogen (secondary N) is 2. The molecule has 0 aliphatic rings. The van der Waals surface area contributed by atoms with Crippen LogP contribution in [0.5, 0.6) is 5.75 Å². The summed E-state index contributed by atoms with van der Waals surface area (Å²) in [5.41, 5.74) is 7.33. The van der Waals surface area contributed by atoms with Crippen molar-refractivity contribution in [2.45, 2.75) is 13.3 Å². The summed E-state index contributed by atoms with van der Waals surface area (Å²) in [6.45, 7) is 0.573. The second-order valence-corrected chi connectivity index (χ2v) is 10.1. The van der Waals surface area contributed by atoms with Gasteiger partial charge >= 0.3 is 0 Å². The average molecular weight is 543 g/mol. The van der Waals surface area contributed by atoms with Gasteiger partial charge in [-0.05, 0) is 42.3 Å². The summed E-state index contributed by atoms with van der Waals surface area (Å²) in [7, 11) is -2.51. The van der Waals surface area contributed by atoms with Gasteiger partial charge in [-0.1, -0.05) is 12.1 Å². The molecule has 2 heterocycles. The zero-order chi connectivity index (χ0) is 27.4. The van der Waals surface area contributed by atoms with Crippen molar-refractivity contribution in [1.82, 2.24) is 15.0 Å². The van der Waals surface area contributed by atoms with E-state index < -0.39 is 28.3 Å². The number of rotatable bonds is 9. The third-order valence-electron chi connectivity index (χ3n) is 5.46. The normalized spacial score (nSPS) is 11.4. The van der Waals surface area contributed by atoms with Crippen LogP contribution in [0.4, 0.5) is 26.1 Å². The highest BCUT2D eigenvalue weighted by molar-refractivity contribution is 7.92. The monoisotopic (exact) mass is 542 g/mol. The Morgan fingerprint density at radius 1 is 1.13 bits per heavy atom. The summed E-state index contributed by atoms with van der Waals surface area (Å²) in [4.78, 5) is 24.3. The Balaban J connectivity index is 1.75. The molecule has 4 N–H and O–H groups in total. The molecule has 0 spiro atoms. The van der Waals surface area contributed by atoms with Crippen LogP contribution in [-0.4, -0.2) is 48.8 Å². The van der Waals surface area contributed by atoms with Crippen molar-refractivity contribution in [3.05, 3.63) is 54.5 Å². The summed E-state index contributed by atoms with van der Waals surface area (Å²) in [5, 5.41) is 2.96. The highest BCUT2D eigenvalue weighted by Crippen LogP contribution is 2.37. The van der Waals surface area contributed by atoms with Crippen LogP contribution >= 0.6 is 0 Å². The minimum absolute atomic E-state index is 0.0807. The van der Waals surface area contributed by atoms with E-state index in [-0.39, 0.29) is 41.0 Å². The van der Waals surface area contributed by atoms with E-state index in [1.807, 2.05) is 0 Å². The largest absolute Gasteiger partial charge is 0.494 e. The molecular formula is C25H24F2N6O4S. The number of carbonyl (C=O) groups excluding carboxylic acids is 1. The number of ether oxygens (including phenoxy) is 1. The maximum absolute atomic E-state index is 15.4. The van der Waals surface area contributed by atoms with E-state index in [0.717, 1.165) is 0 Å². The van der Waals surface area contributed by atoms with Crippen molar-refractivity contribution in [3.8, 4) is 28.3 Å². The van der Waals surface area contributed by atoms with Gasteiger partial charge in [-0.25, -0.2) is 27.8 Å². The molecule has 0 aliphatic carbocycles. The predicted octanol–water partition coefficient (Wildman–Crippen LogP) is 4.15. The first-order valence-corrected chi connectivity index (χ1v) is 13.0. The van der Waals surface area contributed by atoms with Gasteiger partial charge in [-0.3, -0.25) is 13.9 Å². The van der Waals surface area contributed by atoms with E-state index in [2.05, 4.69) is 25.0 Å². The van der Waals surface area contributed by atoms with Gasteiger partial charge in [-0.15, -0.1) is 0 Å². The second kappa shape index (κ2) is 10.9. The molecule has 0 atom stereocenters. The lowest BCUT2D eigenvalue weighted by Crippen LogP contribution is -2.18. The Hall–Kier alpha value is -4.39. The first-order chi connectivity index (χ1) is 18.1. The SMILES string of the molecule is COc1cc(-c2cccc(NS(=O)(=O)CCCF)c2F)cc2c(N)nc(-c3ccc(NC(C)=O)nc3)nc12. The molecule has 2 aromatic carbocycles. The number of carbonyl (C=O) groups is 1. The molecular weight excluding hydrogens is 518 g/mol. The summed E-state index contributed by atoms with van der Waals surface area (Å²) in [6.07, 6.45) is 1.29. The van der Waals surface area contributed by atoms with Gasteiger partial charge in [0, 0.05) is 29.6 Å². The van der Waals surface area contributed by atoms with E-state index in [0.29, 0.717) is 27.8 Å². The van der Waals surface area contributed by atoms with Crippen molar-refractivity contribution in [2.24, 2.45) is 0 Å². The van der Waals surface area contributed by atoms with E-state index in [1.54, 1.807) is 24.3 Å². The lowest BCUT2D eigenvalue weighted by molar-refractivity contribution is -0.114. The van der Waals surface area contributed by atoms with Gasteiger partial charge in [0.1, 0.15) is 22.9 Å². The third-order valence-corrected chi connectivity index (χ3v) is 6.82. The molecule has 4 rings (SSSR count). The Morgan fingerprint density at radius 2 is 1.92 bits per heavy atom. The number of nitrogens with two attached hydrogens (primary N) is 1. The van der Waals surface area contributed by atoms with Crippen LogP contribution < -0.4 is 20.5 Å². The van der Waals surface area contributed by atoms with E-state index in [4.69, 9.17) is 10.5 Å². The molecule has 198 valence electrons. The molecule has 0 unspecified atom stereocenters. The van der Waals surface area contributed by atoms with Gasteiger partial charge in [-0.2, -0.15) is 0 Å². The van der Waals surface area contributed by atoms with Crippen molar-refractivity contribution in [3.63, 3.8) is 0 Å². The minimum Gasteiger partial charge on any atom is -0.494 e. The van der Waals surface area contributed by atoms with Crippen LogP contribution in [0.3, 0.4) is 0 Å². The van der Waals surface area contributed by atoms with Crippen LogP contribution in [0, 0.1) is 5.82 Å². The molecule has 0 bridgehead atoms. The van der Waals surface area contributed by atoms with Crippen molar-refractivity contribution < 1.29 is 26.7 Å². The number of nitrogens with zero attached hydrogens (tertiary/aromatic N) is 3. The fourth-order valence-corrected chi connectivity index (χ4v) is 4.83. The van der Waals surface area contributed by atoms with Gasteiger partial charge in [0.2, 0.25) is 15.9 Å². The lowest BCUT2D eigenvalue weighted by atomic mass is 10.0. The number of halogens is 2. The number of hydrogen-bond donors (Lipinski definition) is 3. The van der Waals surface area contributed by atoms with Gasteiger partial charge < -0.3 is 15.8 Å². The number of benzene rings is 2. The number of anilines is 3. The molecule has 10 nitrogen and oxygen atoms in total. The first-order valence-electron chi connectivity index (χ1n) is 11.4. The fourth-order valence-electron chi connectivity index (χ4n) is 3.74. The molecule has 0 aliphatic heterocycles. The van der Waals surface area contributed by atoms with Gasteiger partial charge in [0.15, 0.2) is 11.6 Å². The molecule has 1 amide bonds. The zero-order valence-electron chi connectivity index (χ0n) is 20.5. The first kappa shape index (κ1) is 26.7. The number of fused-ring (bicyclic) bond motifs is 1. The van der Waals surface area contributed by atoms with Crippen LogP contribution in [0.1, 0.15) is 13.3 Å². The maximum Gasteiger partial charge on any atom is 0.232 e. The van der Waals surface area contributed by atoms with Crippen LogP contribution in [0.2, 0.25) is 0 Å². The van der Waals surface area contributed by atoms with E-state index in [9.17, 15) is 17.6 Å². The molecule has 0 fully saturated rings. The number of alkyl halides is 1. The number of nitrogen functional groups attached to an aromatic ring is 1. The Morgan fingerprint density at radius 3 is 2.58 bits per heavy atom. The summed E-state index contributed by atoms with van der Waals surface area (Å²) >= 11 is 0.